The van der Waals surface area contributed by atoms with Crippen molar-refractivity contribution < 1.29 is 0 Å². The minimum absolute atomic E-state index is 0.307. The van der Waals surface area contributed by atoms with Gasteiger partial charge in [0.15, 0.2) is 5.69 Å². The summed E-state index contributed by atoms with van der Waals surface area (Å²) in [7, 11) is 0. The first-order valence-electron chi connectivity index (χ1n) is 3.01. The van der Waals surface area contributed by atoms with Crippen molar-refractivity contribution in [3.63, 3.8) is 0 Å². The molecular formula is C6H8N4. The van der Waals surface area contributed by atoms with Crippen molar-refractivity contribution in [2.75, 3.05) is 5.73 Å². The van der Waals surface area contributed by atoms with Crippen molar-refractivity contribution in [1.29, 1.82) is 5.26 Å². The molecule has 0 aliphatic heterocycles. The highest BCUT2D eigenvalue weighted by Gasteiger charge is 2.01. The molecule has 0 saturated heterocycles. The largest absolute Gasteiger partial charge is 0.395 e. The molecule has 2 N–H and O–H groups in total. The fourth-order valence-electron chi connectivity index (χ4n) is 0.686. The highest BCUT2D eigenvalue weighted by Crippen LogP contribution is 2.05. The molecule has 0 spiro atoms. The maximum absolute atomic E-state index is 8.42. The number of nitrogens with two attached hydrogens (primary N) is 1. The predicted molar refractivity (Wildman–Crippen MR) is 37.0 cm³/mol. The summed E-state index contributed by atoms with van der Waals surface area (Å²) in [6.07, 6.45) is 1.65. The monoisotopic (exact) mass is 136 g/mol. The van der Waals surface area contributed by atoms with Crippen LogP contribution in [0.15, 0.2) is 6.20 Å². The molecule has 0 bridgehead atoms. The van der Waals surface area contributed by atoms with Crippen LogP contribution in [-0.4, -0.2) is 9.78 Å². The van der Waals surface area contributed by atoms with Crippen molar-refractivity contribution >= 4 is 5.69 Å². The van der Waals surface area contributed by atoms with Gasteiger partial charge in [-0.15, -0.1) is 0 Å². The van der Waals surface area contributed by atoms with Crippen LogP contribution in [0.1, 0.15) is 12.6 Å². The minimum atomic E-state index is 0.307. The van der Waals surface area contributed by atoms with Crippen LogP contribution >= 0.6 is 0 Å². The van der Waals surface area contributed by atoms with Crippen LogP contribution in [0, 0.1) is 11.3 Å². The molecule has 0 saturated carbocycles. The average Bonchev–Trinajstić information content (AvgIpc) is 2.30. The third-order valence-corrected chi connectivity index (χ3v) is 1.22. The second kappa shape index (κ2) is 2.40. The fourth-order valence-corrected chi connectivity index (χ4v) is 0.686. The topological polar surface area (TPSA) is 67.6 Å². The molecule has 0 amide bonds. The van der Waals surface area contributed by atoms with Gasteiger partial charge in [-0.25, -0.2) is 0 Å². The summed E-state index contributed by atoms with van der Waals surface area (Å²) in [4.78, 5) is 0. The lowest BCUT2D eigenvalue weighted by Gasteiger charge is -1.88. The van der Waals surface area contributed by atoms with Gasteiger partial charge in [0.1, 0.15) is 6.07 Å². The zero-order valence-corrected chi connectivity index (χ0v) is 5.70. The van der Waals surface area contributed by atoms with E-state index >= 15 is 0 Å². The molecule has 0 aliphatic rings. The Morgan fingerprint density at radius 1 is 1.90 bits per heavy atom. The maximum atomic E-state index is 8.42. The highest BCUT2D eigenvalue weighted by atomic mass is 15.3. The Bertz CT molecular complexity index is 268. The molecule has 0 atom stereocenters. The summed E-state index contributed by atoms with van der Waals surface area (Å²) >= 11 is 0. The quantitative estimate of drug-likeness (QED) is 0.606. The minimum Gasteiger partial charge on any atom is -0.395 e. The molecule has 4 heteroatoms. The van der Waals surface area contributed by atoms with E-state index in [1.165, 1.54) is 0 Å². The van der Waals surface area contributed by atoms with Crippen molar-refractivity contribution in [3.05, 3.63) is 11.9 Å². The van der Waals surface area contributed by atoms with E-state index in [1.54, 1.807) is 10.9 Å². The second-order valence-electron chi connectivity index (χ2n) is 1.90. The lowest BCUT2D eigenvalue weighted by atomic mass is 10.4. The third-order valence-electron chi connectivity index (χ3n) is 1.22. The zero-order chi connectivity index (χ0) is 7.56. The van der Waals surface area contributed by atoms with Gasteiger partial charge in [-0.05, 0) is 6.92 Å². The van der Waals surface area contributed by atoms with Gasteiger partial charge >= 0.3 is 0 Å². The van der Waals surface area contributed by atoms with Crippen LogP contribution in [-0.2, 0) is 6.54 Å². The number of rotatable bonds is 1. The van der Waals surface area contributed by atoms with E-state index in [0.29, 0.717) is 11.4 Å². The first-order chi connectivity index (χ1) is 4.77. The summed E-state index contributed by atoms with van der Waals surface area (Å²) in [6, 6.07) is 1.89. The van der Waals surface area contributed by atoms with E-state index in [1.807, 2.05) is 13.0 Å². The number of nitrogen functional groups attached to an aromatic ring is 1. The second-order valence-corrected chi connectivity index (χ2v) is 1.90. The van der Waals surface area contributed by atoms with Gasteiger partial charge in [-0.2, -0.15) is 10.4 Å². The summed E-state index contributed by atoms with van der Waals surface area (Å²) in [5.74, 6) is 0. The summed E-state index contributed by atoms with van der Waals surface area (Å²) in [5, 5.41) is 12.3. The van der Waals surface area contributed by atoms with Crippen molar-refractivity contribution in [2.45, 2.75) is 13.5 Å². The first-order valence-corrected chi connectivity index (χ1v) is 3.01. The van der Waals surface area contributed by atoms with E-state index in [9.17, 15) is 0 Å². The van der Waals surface area contributed by atoms with Crippen LogP contribution in [0.5, 0.6) is 0 Å². The van der Waals surface area contributed by atoms with E-state index in [0.717, 1.165) is 6.54 Å². The van der Waals surface area contributed by atoms with E-state index in [2.05, 4.69) is 5.10 Å². The van der Waals surface area contributed by atoms with E-state index < -0.39 is 0 Å². The molecule has 52 valence electrons. The Morgan fingerprint density at radius 2 is 2.60 bits per heavy atom. The molecule has 1 aromatic rings. The Morgan fingerprint density at radius 3 is 2.90 bits per heavy atom. The molecule has 0 unspecified atom stereocenters. The highest BCUT2D eigenvalue weighted by molar-refractivity contribution is 5.47. The fraction of sp³-hybridized carbons (Fsp3) is 0.333. The van der Waals surface area contributed by atoms with Gasteiger partial charge in [0.25, 0.3) is 0 Å². The molecule has 0 aliphatic carbocycles. The zero-order valence-electron chi connectivity index (χ0n) is 5.70. The van der Waals surface area contributed by atoms with E-state index in [-0.39, 0.29) is 0 Å². The number of anilines is 1. The molecule has 10 heavy (non-hydrogen) atoms. The van der Waals surface area contributed by atoms with Crippen LogP contribution in [0.3, 0.4) is 0 Å². The Kier molecular flexibility index (Phi) is 1.59. The molecule has 1 aromatic heterocycles. The average molecular weight is 136 g/mol. The van der Waals surface area contributed by atoms with Gasteiger partial charge in [0.2, 0.25) is 0 Å². The lowest BCUT2D eigenvalue weighted by molar-refractivity contribution is 0.657. The number of nitriles is 1. The molecule has 1 heterocycles. The van der Waals surface area contributed by atoms with Crippen LogP contribution < -0.4 is 5.73 Å². The predicted octanol–water partition coefficient (Wildman–Crippen LogP) is 0.357. The normalized spacial score (nSPS) is 9.20. The Labute approximate surface area is 58.9 Å². The van der Waals surface area contributed by atoms with Crippen LogP contribution in [0.4, 0.5) is 5.69 Å². The van der Waals surface area contributed by atoms with Gasteiger partial charge in [-0.3, -0.25) is 4.68 Å². The van der Waals surface area contributed by atoms with Crippen molar-refractivity contribution in [3.8, 4) is 6.07 Å². The van der Waals surface area contributed by atoms with Gasteiger partial charge in [-0.1, -0.05) is 0 Å². The molecule has 0 radical (unpaired) electrons. The van der Waals surface area contributed by atoms with Gasteiger partial charge in [0.05, 0.1) is 5.69 Å². The number of aromatic nitrogens is 2. The summed E-state index contributed by atoms with van der Waals surface area (Å²) < 4.78 is 1.63. The van der Waals surface area contributed by atoms with Crippen molar-refractivity contribution in [1.82, 2.24) is 9.78 Å². The van der Waals surface area contributed by atoms with Crippen LogP contribution in [0.25, 0.3) is 0 Å². The Hall–Kier alpha value is -1.50. The number of hydrogen-bond donors (Lipinski definition) is 1. The third kappa shape index (κ3) is 0.935. The molecule has 0 aromatic carbocycles. The molecule has 0 fully saturated rings. The number of hydrogen-bond acceptors (Lipinski definition) is 3. The van der Waals surface area contributed by atoms with E-state index in [4.69, 9.17) is 11.0 Å². The lowest BCUT2D eigenvalue weighted by Crippen LogP contribution is -1.93. The molecule has 1 rings (SSSR count). The first kappa shape index (κ1) is 6.62. The standard InChI is InChI=1S/C6H8N4/c1-2-10-4-5(8)6(3-7)9-10/h4H,2,8H2,1H3. The number of aryl methyl sites for hydroxylation is 1. The Balaban J connectivity index is 3.07. The van der Waals surface area contributed by atoms with Crippen molar-refractivity contribution in [2.24, 2.45) is 0 Å². The molecular weight excluding hydrogens is 128 g/mol. The summed E-state index contributed by atoms with van der Waals surface area (Å²) in [6.45, 7) is 2.68. The SMILES string of the molecule is CCn1cc(N)c(C#N)n1. The number of nitrogens with zero attached hydrogens (tertiary/aromatic N) is 3. The van der Waals surface area contributed by atoms with Gasteiger partial charge in [0, 0.05) is 12.7 Å². The maximum Gasteiger partial charge on any atom is 0.185 e. The van der Waals surface area contributed by atoms with Crippen LogP contribution in [0.2, 0.25) is 0 Å². The van der Waals surface area contributed by atoms with Gasteiger partial charge < -0.3 is 5.73 Å². The molecule has 4 nitrogen and oxygen atoms in total. The smallest absolute Gasteiger partial charge is 0.185 e. The summed E-state index contributed by atoms with van der Waals surface area (Å²) in [5.41, 5.74) is 6.18.